The van der Waals surface area contributed by atoms with Gasteiger partial charge < -0.3 is 81.8 Å². The van der Waals surface area contributed by atoms with Gasteiger partial charge in [0.2, 0.25) is 0 Å². The molecule has 0 atom stereocenters. The maximum Gasteiger partial charge on any atom is 0.180 e. The predicted molar refractivity (Wildman–Crippen MR) is 456 cm³/mol. The number of benzene rings is 4. The summed E-state index contributed by atoms with van der Waals surface area (Å²) in [5.74, 6) is 5.17. The fourth-order valence-corrected chi connectivity index (χ4v) is 15.6. The van der Waals surface area contributed by atoms with Crippen LogP contribution in [0.4, 0.5) is 23.3 Å². The number of morpholine rings is 4. The summed E-state index contributed by atoms with van der Waals surface area (Å²) >= 11 is 0. The van der Waals surface area contributed by atoms with Crippen molar-refractivity contribution >= 4 is 124 Å². The number of aromatic nitrogens is 16. The maximum absolute atomic E-state index is 6.01. The van der Waals surface area contributed by atoms with E-state index in [4.69, 9.17) is 41.9 Å². The molecule has 28 nitrogen and oxygen atoms in total. The molecule has 0 unspecified atom stereocenters. The highest BCUT2D eigenvalue weighted by Crippen LogP contribution is 2.36. The van der Waals surface area contributed by atoms with Crippen molar-refractivity contribution < 1.29 is 18.9 Å². The van der Waals surface area contributed by atoms with Crippen molar-refractivity contribution in [1.29, 1.82) is 0 Å². The zero-order valence-corrected chi connectivity index (χ0v) is 64.7. The topological polar surface area (TPSA) is 383 Å². The van der Waals surface area contributed by atoms with Crippen molar-refractivity contribution in [2.75, 3.05) is 154 Å². The number of rotatable bonds is 16. The standard InChI is InChI=1S/2C22H24N6O.2C21H24N6O/c1-14-24-21-17(13-20(23)27-22(21)25-14)19-12-16-11-15(4-5-18(16)26-19)3-2-6-28-7-9-29-10-8-28;1-14-24-21-17(13-20(23)27-22(21)25-14)19-12-16-5-4-15(11-18(16)26-19)3-2-6-28-7-9-29-10-8-28;1-13-23-20-16(12-19(22)26-21(20)24-13)18-11-15-10-14(2-3-17(15)25-18)4-5-27-6-8-28-9-7-27;1-13-23-20-16(12-19(22)26-21(20)24-13)18-11-15-3-2-14(10-17(15)25-18)4-5-27-6-8-28-9-7-27/h2*2-5,11-13,26H,6-10H2,1H3,(H3,23,24,25,27);2*2-3,10-12,25H,4-9H2,1H3,(H3,22,23,24,26)/b2*3-2+;;. The Morgan fingerprint density at radius 2 is 0.632 bits per heavy atom. The Hall–Kier alpha value is -12.1. The second kappa shape index (κ2) is 33.3. The molecule has 12 aromatic heterocycles. The molecular formula is C86H96N24O4. The first-order valence-electron chi connectivity index (χ1n) is 39.2. The minimum atomic E-state index is 0.462. The number of hydrogen-bond donors (Lipinski definition) is 12. The van der Waals surface area contributed by atoms with E-state index >= 15 is 0 Å². The summed E-state index contributed by atoms with van der Waals surface area (Å²) in [4.78, 5) is 72.0. The van der Waals surface area contributed by atoms with Crippen molar-refractivity contribution in [1.82, 2.24) is 99.3 Å². The average molecular weight is 1530 g/mol. The third-order valence-electron chi connectivity index (χ3n) is 21.4. The van der Waals surface area contributed by atoms with Gasteiger partial charge in [0, 0.05) is 167 Å². The van der Waals surface area contributed by atoms with Gasteiger partial charge in [-0.2, -0.15) is 0 Å². The largest absolute Gasteiger partial charge is 0.384 e. The number of nitrogens with one attached hydrogen (secondary N) is 8. The Labute approximate surface area is 657 Å². The van der Waals surface area contributed by atoms with E-state index in [0.29, 0.717) is 45.9 Å². The number of aromatic amines is 8. The molecule has 0 aliphatic carbocycles. The van der Waals surface area contributed by atoms with Crippen LogP contribution in [0, 0.1) is 27.7 Å². The van der Waals surface area contributed by atoms with Gasteiger partial charge in [0.05, 0.1) is 74.9 Å². The van der Waals surface area contributed by atoms with Gasteiger partial charge in [0.25, 0.3) is 0 Å². The van der Waals surface area contributed by atoms with E-state index < -0.39 is 0 Å². The summed E-state index contributed by atoms with van der Waals surface area (Å²) < 4.78 is 21.7. The van der Waals surface area contributed by atoms with Crippen LogP contribution >= 0.6 is 0 Å². The molecule has 0 radical (unpaired) electrons. The molecule has 16 heterocycles. The summed E-state index contributed by atoms with van der Waals surface area (Å²) in [6.07, 6.45) is 10.9. The second-order valence-corrected chi connectivity index (χ2v) is 29.8. The first kappa shape index (κ1) is 74.6. The van der Waals surface area contributed by atoms with Gasteiger partial charge in [-0.05, 0) is 148 Å². The molecule has 28 heteroatoms. The average Bonchev–Trinajstić information content (AvgIpc) is 1.64. The summed E-state index contributed by atoms with van der Waals surface area (Å²) in [5.41, 5.74) is 47.7. The van der Waals surface area contributed by atoms with Gasteiger partial charge in [-0.3, -0.25) is 19.6 Å². The molecule has 0 saturated carbocycles. The fraction of sp³-hybridized carbons (Fsp3) is 0.302. The number of H-pyrrole nitrogens is 8. The highest BCUT2D eigenvalue weighted by molar-refractivity contribution is 5.99. The van der Waals surface area contributed by atoms with Gasteiger partial charge in [-0.1, -0.05) is 60.7 Å². The van der Waals surface area contributed by atoms with E-state index in [2.05, 4.69) is 221 Å². The molecule has 0 bridgehead atoms. The van der Waals surface area contributed by atoms with Gasteiger partial charge in [-0.25, -0.2) is 39.9 Å². The molecule has 16 aromatic rings. The van der Waals surface area contributed by atoms with Crippen LogP contribution in [0.3, 0.4) is 0 Å². The van der Waals surface area contributed by atoms with Crippen LogP contribution in [0.1, 0.15) is 45.6 Å². The van der Waals surface area contributed by atoms with E-state index in [9.17, 15) is 0 Å². The second-order valence-electron chi connectivity index (χ2n) is 29.8. The number of aryl methyl sites for hydroxylation is 4. The van der Waals surface area contributed by atoms with Crippen molar-refractivity contribution in [3.05, 3.63) is 179 Å². The molecule has 4 aromatic carbocycles. The maximum atomic E-state index is 6.01. The Morgan fingerprint density at radius 1 is 0.316 bits per heavy atom. The molecule has 584 valence electrons. The van der Waals surface area contributed by atoms with Crippen molar-refractivity contribution in [2.24, 2.45) is 0 Å². The van der Waals surface area contributed by atoms with Crippen LogP contribution in [0.15, 0.2) is 133 Å². The number of nitrogens with two attached hydrogens (primary N) is 4. The van der Waals surface area contributed by atoms with Crippen molar-refractivity contribution in [3.8, 4) is 45.0 Å². The molecule has 16 N–H and O–H groups in total. The number of hydrogen-bond acceptors (Lipinski definition) is 20. The summed E-state index contributed by atoms with van der Waals surface area (Å²) in [5, 5.41) is 4.71. The minimum Gasteiger partial charge on any atom is -0.384 e. The molecule has 4 saturated heterocycles. The van der Waals surface area contributed by atoms with Crippen LogP contribution in [-0.4, -0.2) is 231 Å². The van der Waals surface area contributed by atoms with E-state index in [1.54, 1.807) is 0 Å². The van der Waals surface area contributed by atoms with Gasteiger partial charge in [0.1, 0.15) is 46.6 Å². The van der Waals surface area contributed by atoms with Crippen LogP contribution in [0.25, 0.3) is 145 Å². The predicted octanol–water partition coefficient (Wildman–Crippen LogP) is 12.4. The Kier molecular flexibility index (Phi) is 21.8. The Balaban J connectivity index is 0.000000110. The number of fused-ring (bicyclic) bond motifs is 8. The lowest BCUT2D eigenvalue weighted by Gasteiger charge is -2.26. The highest BCUT2D eigenvalue weighted by atomic mass is 16.5. The quantitative estimate of drug-likeness (QED) is 0.0427. The van der Waals surface area contributed by atoms with E-state index in [1.807, 2.05) is 52.0 Å². The van der Waals surface area contributed by atoms with Gasteiger partial charge in [-0.15, -0.1) is 0 Å². The number of nitrogen functional groups attached to an aromatic ring is 4. The molecule has 114 heavy (non-hydrogen) atoms. The lowest BCUT2D eigenvalue weighted by Crippen LogP contribution is -2.37. The molecule has 4 aliphatic rings. The highest BCUT2D eigenvalue weighted by Gasteiger charge is 2.21. The first-order chi connectivity index (χ1) is 55.6. The van der Waals surface area contributed by atoms with Gasteiger partial charge >= 0.3 is 0 Å². The number of ether oxygens (including phenoxy) is 4. The molecule has 4 fully saturated rings. The SMILES string of the molecule is Cc1nc2nc(N)cc(-c3cc4cc(/C=C/CN5CCOCC5)ccc4[nH]3)c2[nH]1.Cc1nc2nc(N)cc(-c3cc4cc(CCN5CCOCC5)ccc4[nH]3)c2[nH]1.Cc1nc2nc(N)cc(-c3cc4ccc(/C=C/CN5CCOCC5)cc4[nH]3)c2[nH]1.Cc1nc2nc(N)cc(-c3cc4ccc(CCN5CCOCC5)cc4[nH]3)c2[nH]1. The number of imidazole rings is 4. The van der Waals surface area contributed by atoms with E-state index in [0.717, 1.165) is 267 Å². The molecule has 0 spiro atoms. The fourth-order valence-electron chi connectivity index (χ4n) is 15.6. The van der Waals surface area contributed by atoms with E-state index in [1.165, 1.54) is 33.0 Å². The number of pyridine rings is 4. The monoisotopic (exact) mass is 1530 g/mol. The molecule has 20 rings (SSSR count). The van der Waals surface area contributed by atoms with Crippen LogP contribution in [-0.2, 0) is 31.8 Å². The Bertz CT molecular complexity index is 5790. The minimum absolute atomic E-state index is 0.462. The zero-order valence-electron chi connectivity index (χ0n) is 64.7. The summed E-state index contributed by atoms with van der Waals surface area (Å²) in [6.45, 7) is 26.5. The molecule has 4 aliphatic heterocycles. The Morgan fingerprint density at radius 3 is 1.04 bits per heavy atom. The molecular weight excluding hydrogens is 1430 g/mol. The lowest BCUT2D eigenvalue weighted by atomic mass is 10.1. The van der Waals surface area contributed by atoms with Crippen molar-refractivity contribution in [2.45, 2.75) is 40.5 Å². The third-order valence-corrected chi connectivity index (χ3v) is 21.4. The first-order valence-corrected chi connectivity index (χ1v) is 39.2. The smallest absolute Gasteiger partial charge is 0.180 e. The third kappa shape index (κ3) is 17.3. The summed E-state index contributed by atoms with van der Waals surface area (Å²) in [6, 6.07) is 42.4. The van der Waals surface area contributed by atoms with Gasteiger partial charge in [0.15, 0.2) is 22.6 Å². The summed E-state index contributed by atoms with van der Waals surface area (Å²) in [7, 11) is 0. The normalized spacial score (nSPS) is 15.7. The number of anilines is 4. The van der Waals surface area contributed by atoms with Crippen LogP contribution in [0.5, 0.6) is 0 Å². The van der Waals surface area contributed by atoms with Crippen LogP contribution < -0.4 is 22.9 Å². The van der Waals surface area contributed by atoms with Crippen LogP contribution in [0.2, 0.25) is 0 Å². The molecule has 0 amide bonds. The zero-order chi connectivity index (χ0) is 77.8. The van der Waals surface area contributed by atoms with E-state index in [-0.39, 0.29) is 0 Å². The number of nitrogens with zero attached hydrogens (tertiary/aromatic N) is 12. The lowest BCUT2D eigenvalue weighted by molar-refractivity contribution is 0.0384. The van der Waals surface area contributed by atoms with Crippen molar-refractivity contribution in [3.63, 3.8) is 0 Å².